The molecular weight excluding hydrogens is 352 g/mol. The summed E-state index contributed by atoms with van der Waals surface area (Å²) in [6.45, 7) is -0.348. The fraction of sp³-hybridized carbons (Fsp3) is 0.130. The molecule has 0 saturated heterocycles. The van der Waals surface area contributed by atoms with Crippen molar-refractivity contribution in [2.24, 2.45) is 5.73 Å². The van der Waals surface area contributed by atoms with Crippen LogP contribution in [0, 0.1) is 0 Å². The standard InChI is InChI=1S/C23H22N2O3/c24-22(27)21(18-12-6-2-7-13-18)25(23(28)19-14-8-3-9-15-19)20(16-26)17-10-4-1-5-11-17/h1-15,20-21,26H,16H2,(H2,24,27)/t20-,21-/m1/s1. The van der Waals surface area contributed by atoms with Gasteiger partial charge in [-0.2, -0.15) is 0 Å². The van der Waals surface area contributed by atoms with Gasteiger partial charge in [-0.05, 0) is 23.3 Å². The minimum Gasteiger partial charge on any atom is -0.394 e. The molecule has 2 atom stereocenters. The highest BCUT2D eigenvalue weighted by atomic mass is 16.3. The smallest absolute Gasteiger partial charge is 0.255 e. The van der Waals surface area contributed by atoms with Gasteiger partial charge in [0.25, 0.3) is 5.91 Å². The molecule has 0 spiro atoms. The molecule has 0 heterocycles. The van der Waals surface area contributed by atoms with Crippen LogP contribution in [0.25, 0.3) is 0 Å². The predicted octanol–water partition coefficient (Wildman–Crippen LogP) is 3.09. The van der Waals surface area contributed by atoms with Crippen molar-refractivity contribution in [3.63, 3.8) is 0 Å². The Kier molecular flexibility index (Phi) is 6.19. The molecule has 0 aliphatic rings. The molecule has 0 unspecified atom stereocenters. The van der Waals surface area contributed by atoms with Gasteiger partial charge in [-0.1, -0.05) is 78.9 Å². The quantitative estimate of drug-likeness (QED) is 0.667. The zero-order chi connectivity index (χ0) is 19.9. The Morgan fingerprint density at radius 1 is 0.786 bits per heavy atom. The van der Waals surface area contributed by atoms with Crippen LogP contribution in [0.15, 0.2) is 91.0 Å². The van der Waals surface area contributed by atoms with Crippen molar-refractivity contribution in [1.82, 2.24) is 4.90 Å². The molecule has 0 aromatic heterocycles. The van der Waals surface area contributed by atoms with Gasteiger partial charge in [0.1, 0.15) is 6.04 Å². The maximum atomic E-state index is 13.4. The molecule has 5 heteroatoms. The van der Waals surface area contributed by atoms with E-state index in [1.54, 1.807) is 48.5 Å². The van der Waals surface area contributed by atoms with Gasteiger partial charge in [0.2, 0.25) is 5.91 Å². The average molecular weight is 374 g/mol. The maximum absolute atomic E-state index is 13.4. The van der Waals surface area contributed by atoms with Crippen molar-refractivity contribution in [2.75, 3.05) is 6.61 Å². The first-order valence-corrected chi connectivity index (χ1v) is 9.01. The molecule has 0 bridgehead atoms. The molecule has 3 rings (SSSR count). The van der Waals surface area contributed by atoms with Gasteiger partial charge in [-0.3, -0.25) is 9.59 Å². The Labute approximate surface area is 164 Å². The lowest BCUT2D eigenvalue weighted by Gasteiger charge is -2.36. The zero-order valence-corrected chi connectivity index (χ0v) is 15.3. The summed E-state index contributed by atoms with van der Waals surface area (Å²) in [5.74, 6) is -1.04. The lowest BCUT2D eigenvalue weighted by Crippen LogP contribution is -2.45. The summed E-state index contributed by atoms with van der Waals surface area (Å²) in [5.41, 5.74) is 7.47. The van der Waals surface area contributed by atoms with Gasteiger partial charge in [-0.15, -0.1) is 0 Å². The molecule has 3 aromatic carbocycles. The van der Waals surface area contributed by atoms with E-state index in [2.05, 4.69) is 0 Å². The number of aliphatic hydroxyl groups is 1. The van der Waals surface area contributed by atoms with Gasteiger partial charge in [0, 0.05) is 5.56 Å². The lowest BCUT2D eigenvalue weighted by atomic mass is 9.97. The van der Waals surface area contributed by atoms with Gasteiger partial charge in [-0.25, -0.2) is 0 Å². The Morgan fingerprint density at radius 3 is 1.71 bits per heavy atom. The SMILES string of the molecule is NC(=O)[C@@H](c1ccccc1)N(C(=O)c1ccccc1)[C@H](CO)c1ccccc1. The molecule has 0 radical (unpaired) electrons. The molecule has 0 saturated carbocycles. The fourth-order valence-corrected chi connectivity index (χ4v) is 3.29. The molecule has 28 heavy (non-hydrogen) atoms. The van der Waals surface area contributed by atoms with E-state index < -0.39 is 18.0 Å². The summed E-state index contributed by atoms with van der Waals surface area (Å²) in [6.07, 6.45) is 0. The molecule has 2 amide bonds. The highest BCUT2D eigenvalue weighted by molar-refractivity contribution is 5.98. The second-order valence-electron chi connectivity index (χ2n) is 6.40. The number of aliphatic hydroxyl groups excluding tert-OH is 1. The van der Waals surface area contributed by atoms with Crippen molar-refractivity contribution in [3.8, 4) is 0 Å². The molecule has 142 valence electrons. The number of carbonyl (C=O) groups is 2. The van der Waals surface area contributed by atoms with Crippen LogP contribution in [0.1, 0.15) is 33.6 Å². The molecule has 3 aromatic rings. The number of benzene rings is 3. The van der Waals surface area contributed by atoms with Gasteiger partial charge < -0.3 is 15.7 Å². The number of hydrogen-bond donors (Lipinski definition) is 2. The summed E-state index contributed by atoms with van der Waals surface area (Å²) in [7, 11) is 0. The molecular formula is C23H22N2O3. The van der Waals surface area contributed by atoms with Crippen molar-refractivity contribution < 1.29 is 14.7 Å². The van der Waals surface area contributed by atoms with Gasteiger partial charge >= 0.3 is 0 Å². The van der Waals surface area contributed by atoms with Gasteiger partial charge in [0.05, 0.1) is 12.6 Å². The highest BCUT2D eigenvalue weighted by Gasteiger charge is 2.36. The minimum atomic E-state index is -1.02. The van der Waals surface area contributed by atoms with Crippen molar-refractivity contribution in [2.45, 2.75) is 12.1 Å². The van der Waals surface area contributed by atoms with E-state index in [1.165, 1.54) is 4.90 Å². The van der Waals surface area contributed by atoms with Crippen molar-refractivity contribution in [3.05, 3.63) is 108 Å². The molecule has 0 aliphatic carbocycles. The first-order chi connectivity index (χ1) is 13.6. The van der Waals surface area contributed by atoms with E-state index in [0.29, 0.717) is 11.1 Å². The number of carbonyl (C=O) groups excluding carboxylic acids is 2. The van der Waals surface area contributed by atoms with Crippen LogP contribution in [0.5, 0.6) is 0 Å². The fourth-order valence-electron chi connectivity index (χ4n) is 3.29. The zero-order valence-electron chi connectivity index (χ0n) is 15.3. The maximum Gasteiger partial charge on any atom is 0.255 e. The van der Waals surface area contributed by atoms with Crippen LogP contribution in [0.3, 0.4) is 0 Å². The van der Waals surface area contributed by atoms with E-state index >= 15 is 0 Å². The van der Waals surface area contributed by atoms with Crippen molar-refractivity contribution in [1.29, 1.82) is 0 Å². The largest absolute Gasteiger partial charge is 0.394 e. The summed E-state index contributed by atoms with van der Waals surface area (Å²) in [5, 5.41) is 10.2. The number of rotatable bonds is 7. The molecule has 3 N–H and O–H groups in total. The number of amides is 2. The van der Waals surface area contributed by atoms with E-state index in [1.807, 2.05) is 42.5 Å². The topological polar surface area (TPSA) is 83.6 Å². The van der Waals surface area contributed by atoms with Crippen LogP contribution in [0.2, 0.25) is 0 Å². The summed E-state index contributed by atoms with van der Waals surface area (Å²) < 4.78 is 0. The summed E-state index contributed by atoms with van der Waals surface area (Å²) in [6, 6.07) is 24.9. The van der Waals surface area contributed by atoms with E-state index in [9.17, 15) is 14.7 Å². The van der Waals surface area contributed by atoms with Crippen LogP contribution < -0.4 is 5.73 Å². The van der Waals surface area contributed by atoms with Crippen LogP contribution in [0.4, 0.5) is 0 Å². The third-order valence-corrected chi connectivity index (χ3v) is 4.61. The predicted molar refractivity (Wildman–Crippen MR) is 107 cm³/mol. The Hall–Kier alpha value is -3.44. The average Bonchev–Trinajstić information content (AvgIpc) is 2.75. The normalized spacial score (nSPS) is 12.8. The second kappa shape index (κ2) is 8.97. The van der Waals surface area contributed by atoms with Crippen LogP contribution in [-0.2, 0) is 4.79 Å². The summed E-state index contributed by atoms with van der Waals surface area (Å²) in [4.78, 5) is 27.3. The molecule has 0 fully saturated rings. The number of nitrogens with zero attached hydrogens (tertiary/aromatic N) is 1. The monoisotopic (exact) mass is 374 g/mol. The lowest BCUT2D eigenvalue weighted by molar-refractivity contribution is -0.123. The third-order valence-electron chi connectivity index (χ3n) is 4.61. The Bertz CT molecular complexity index is 914. The van der Waals surface area contributed by atoms with Crippen LogP contribution >= 0.6 is 0 Å². The molecule has 0 aliphatic heterocycles. The Balaban J connectivity index is 2.15. The Morgan fingerprint density at radius 2 is 1.25 bits per heavy atom. The first kappa shape index (κ1) is 19.3. The van der Waals surface area contributed by atoms with E-state index in [-0.39, 0.29) is 12.5 Å². The second-order valence-corrected chi connectivity index (χ2v) is 6.40. The minimum absolute atomic E-state index is 0.348. The van der Waals surface area contributed by atoms with Crippen molar-refractivity contribution >= 4 is 11.8 Å². The first-order valence-electron chi connectivity index (χ1n) is 9.01. The number of hydrogen-bond acceptors (Lipinski definition) is 3. The third kappa shape index (κ3) is 4.10. The molecule has 5 nitrogen and oxygen atoms in total. The van der Waals surface area contributed by atoms with Crippen LogP contribution in [-0.4, -0.2) is 28.4 Å². The highest BCUT2D eigenvalue weighted by Crippen LogP contribution is 2.32. The number of nitrogens with two attached hydrogens (primary N) is 1. The van der Waals surface area contributed by atoms with Gasteiger partial charge in [0.15, 0.2) is 0 Å². The number of primary amides is 1. The van der Waals surface area contributed by atoms with E-state index in [4.69, 9.17) is 5.73 Å². The summed E-state index contributed by atoms with van der Waals surface area (Å²) >= 11 is 0. The van der Waals surface area contributed by atoms with E-state index in [0.717, 1.165) is 5.56 Å².